The molecule has 0 aliphatic rings. The first-order valence-corrected chi connectivity index (χ1v) is 11.5. The van der Waals surface area contributed by atoms with E-state index in [9.17, 15) is 9.59 Å². The second kappa shape index (κ2) is 10.0. The van der Waals surface area contributed by atoms with Gasteiger partial charge in [0.05, 0.1) is 13.5 Å². The predicted octanol–water partition coefficient (Wildman–Crippen LogP) is 4.62. The molecule has 2 amide bonds. The number of hydrogen-bond acceptors (Lipinski definition) is 4. The molecule has 3 N–H and O–H groups in total. The van der Waals surface area contributed by atoms with Gasteiger partial charge in [-0.05, 0) is 65.8 Å². The summed E-state index contributed by atoms with van der Waals surface area (Å²) in [7, 11) is 1.61. The minimum atomic E-state index is -0.679. The molecule has 33 heavy (non-hydrogen) atoms. The number of methoxy groups -OCH3 is 1. The number of hydrogen-bond donors (Lipinski definition) is 4. The van der Waals surface area contributed by atoms with Crippen LogP contribution in [-0.2, 0) is 16.0 Å². The van der Waals surface area contributed by atoms with Gasteiger partial charge in [0, 0.05) is 22.3 Å². The summed E-state index contributed by atoms with van der Waals surface area (Å²) in [5.74, 6) is 0.720. The first kappa shape index (κ1) is 22.7. The zero-order valence-electron chi connectivity index (χ0n) is 18.6. The molecule has 0 spiro atoms. The number of carbonyl (C=O) groups excluding carboxylic acids is 2. The Kier molecular flexibility index (Phi) is 6.89. The highest BCUT2D eigenvalue weighted by molar-refractivity contribution is 7.80. The van der Waals surface area contributed by atoms with Crippen molar-refractivity contribution in [2.75, 3.05) is 18.2 Å². The molecule has 0 aliphatic heterocycles. The molecule has 0 saturated heterocycles. The lowest BCUT2D eigenvalue weighted by atomic mass is 10.1. The van der Waals surface area contributed by atoms with E-state index in [-0.39, 0.29) is 18.2 Å². The summed E-state index contributed by atoms with van der Waals surface area (Å²) < 4.78 is 5.33. The summed E-state index contributed by atoms with van der Waals surface area (Å²) in [6, 6.07) is 18.8. The Hall–Kier alpha value is -3.45. The Morgan fingerprint density at radius 3 is 2.61 bits per heavy atom. The molecule has 0 aliphatic carbocycles. The van der Waals surface area contributed by atoms with Gasteiger partial charge in [0.25, 0.3) is 0 Å². The Balaban J connectivity index is 1.48. The minimum absolute atomic E-state index is 0.158. The highest BCUT2D eigenvalue weighted by atomic mass is 32.1. The van der Waals surface area contributed by atoms with Gasteiger partial charge in [-0.1, -0.05) is 30.3 Å². The average Bonchev–Trinajstić information content (AvgIpc) is 3.12. The zero-order valence-corrected chi connectivity index (χ0v) is 19.5. The smallest absolute Gasteiger partial charge is 0.246 e. The summed E-state index contributed by atoms with van der Waals surface area (Å²) >= 11 is 4.28. The van der Waals surface area contributed by atoms with Crippen molar-refractivity contribution in [2.45, 2.75) is 25.8 Å². The fraction of sp³-hybridized carbons (Fsp3) is 0.231. The number of aromatic amines is 1. The Bertz CT molecular complexity index is 1310. The second-order valence-electron chi connectivity index (χ2n) is 8.00. The zero-order chi connectivity index (χ0) is 23.4. The van der Waals surface area contributed by atoms with Crippen molar-refractivity contribution < 1.29 is 14.3 Å². The number of amides is 2. The fourth-order valence-electron chi connectivity index (χ4n) is 4.02. The predicted molar refractivity (Wildman–Crippen MR) is 136 cm³/mol. The molecular weight excluding hydrogens is 434 g/mol. The van der Waals surface area contributed by atoms with E-state index in [0.717, 1.165) is 38.7 Å². The van der Waals surface area contributed by atoms with Gasteiger partial charge in [-0.25, -0.2) is 0 Å². The van der Waals surface area contributed by atoms with E-state index < -0.39 is 6.04 Å². The third-order valence-corrected chi connectivity index (χ3v) is 6.01. The van der Waals surface area contributed by atoms with Crippen LogP contribution in [0.2, 0.25) is 0 Å². The third kappa shape index (κ3) is 5.14. The van der Waals surface area contributed by atoms with Gasteiger partial charge in [0.1, 0.15) is 11.8 Å². The first-order valence-electron chi connectivity index (χ1n) is 10.8. The molecule has 0 unspecified atom stereocenters. The molecule has 0 radical (unpaired) electrons. The number of rotatable bonds is 8. The van der Waals surface area contributed by atoms with Gasteiger partial charge in [-0.15, -0.1) is 0 Å². The number of nitrogens with one attached hydrogen (secondary N) is 3. The fourth-order valence-corrected chi connectivity index (χ4v) is 4.27. The number of fused-ring (bicyclic) bond motifs is 2. The number of carbonyl (C=O) groups is 2. The number of benzene rings is 3. The van der Waals surface area contributed by atoms with E-state index in [1.165, 1.54) is 0 Å². The van der Waals surface area contributed by atoms with Crippen molar-refractivity contribution >= 4 is 51.8 Å². The van der Waals surface area contributed by atoms with Crippen molar-refractivity contribution in [1.82, 2.24) is 10.3 Å². The van der Waals surface area contributed by atoms with Gasteiger partial charge < -0.3 is 20.4 Å². The minimum Gasteiger partial charge on any atom is -0.497 e. The molecule has 6 nitrogen and oxygen atoms in total. The van der Waals surface area contributed by atoms with Gasteiger partial charge in [0.15, 0.2) is 0 Å². The van der Waals surface area contributed by atoms with Gasteiger partial charge in [0.2, 0.25) is 11.8 Å². The van der Waals surface area contributed by atoms with Crippen LogP contribution in [0.25, 0.3) is 21.7 Å². The summed E-state index contributed by atoms with van der Waals surface area (Å²) in [4.78, 5) is 29.2. The topological polar surface area (TPSA) is 83.2 Å². The van der Waals surface area contributed by atoms with Crippen LogP contribution in [0.3, 0.4) is 0 Å². The number of thiol groups is 1. The van der Waals surface area contributed by atoms with Crippen LogP contribution in [0.4, 0.5) is 5.69 Å². The number of anilines is 1. The molecular formula is C26H27N3O3S. The summed E-state index contributed by atoms with van der Waals surface area (Å²) in [6.45, 7) is 1.94. The average molecular weight is 462 g/mol. The second-order valence-corrected chi connectivity index (χ2v) is 8.45. The summed E-state index contributed by atoms with van der Waals surface area (Å²) in [6.07, 6.45) is 0.584. The van der Waals surface area contributed by atoms with Crippen molar-refractivity contribution in [3.63, 3.8) is 0 Å². The molecule has 0 saturated carbocycles. The SMILES string of the molecule is COc1ccc2[nH]c(C)c(CC(=O)N[C@@H](CCS)C(=O)Nc3ccc4ccccc4c3)c2c1. The van der Waals surface area contributed by atoms with Crippen LogP contribution < -0.4 is 15.4 Å². The number of H-pyrrole nitrogens is 1. The third-order valence-electron chi connectivity index (χ3n) is 5.75. The first-order chi connectivity index (χ1) is 16.0. The maximum Gasteiger partial charge on any atom is 0.246 e. The molecule has 4 rings (SSSR count). The quantitative estimate of drug-likeness (QED) is 0.289. The highest BCUT2D eigenvalue weighted by Crippen LogP contribution is 2.27. The van der Waals surface area contributed by atoms with Crippen molar-refractivity contribution in [3.8, 4) is 5.75 Å². The maximum absolute atomic E-state index is 13.0. The maximum atomic E-state index is 13.0. The molecule has 170 valence electrons. The molecule has 1 heterocycles. The molecule has 0 fully saturated rings. The largest absolute Gasteiger partial charge is 0.497 e. The van der Waals surface area contributed by atoms with E-state index in [0.29, 0.717) is 17.9 Å². The lowest BCUT2D eigenvalue weighted by Crippen LogP contribution is -2.44. The molecule has 1 atom stereocenters. The Morgan fingerprint density at radius 1 is 1.06 bits per heavy atom. The number of ether oxygens (including phenoxy) is 1. The van der Waals surface area contributed by atoms with Gasteiger partial charge in [-0.2, -0.15) is 12.6 Å². The summed E-state index contributed by atoms with van der Waals surface area (Å²) in [5, 5.41) is 8.89. The molecule has 0 bridgehead atoms. The Labute approximate surface area is 198 Å². The van der Waals surface area contributed by atoms with Crippen LogP contribution in [0.15, 0.2) is 60.7 Å². The van der Waals surface area contributed by atoms with Crippen LogP contribution >= 0.6 is 12.6 Å². The number of aromatic nitrogens is 1. The van der Waals surface area contributed by atoms with Crippen LogP contribution in [0.1, 0.15) is 17.7 Å². The standard InChI is InChI=1S/C26H27N3O3S/c1-16-21(22-14-20(32-2)9-10-23(22)27-16)15-25(30)29-24(11-12-33)26(31)28-19-8-7-17-5-3-4-6-18(17)13-19/h3-10,13-14,24,27,33H,11-12,15H2,1-2H3,(H,28,31)(H,29,30)/t24-/m0/s1. The lowest BCUT2D eigenvalue weighted by molar-refractivity contribution is -0.126. The Morgan fingerprint density at radius 2 is 1.85 bits per heavy atom. The monoisotopic (exact) mass is 461 g/mol. The molecule has 4 aromatic rings. The van der Waals surface area contributed by atoms with Crippen LogP contribution in [-0.4, -0.2) is 35.7 Å². The van der Waals surface area contributed by atoms with E-state index in [2.05, 4.69) is 28.2 Å². The lowest BCUT2D eigenvalue weighted by Gasteiger charge is -2.18. The van der Waals surface area contributed by atoms with Crippen LogP contribution in [0.5, 0.6) is 5.75 Å². The van der Waals surface area contributed by atoms with Gasteiger partial charge >= 0.3 is 0 Å². The normalized spacial score (nSPS) is 12.0. The van der Waals surface area contributed by atoms with E-state index in [4.69, 9.17) is 4.74 Å². The highest BCUT2D eigenvalue weighted by Gasteiger charge is 2.22. The van der Waals surface area contributed by atoms with Crippen molar-refractivity contribution in [1.29, 1.82) is 0 Å². The molecule has 1 aromatic heterocycles. The van der Waals surface area contributed by atoms with Crippen molar-refractivity contribution in [2.24, 2.45) is 0 Å². The molecule has 3 aromatic carbocycles. The van der Waals surface area contributed by atoms with Crippen LogP contribution in [0, 0.1) is 6.92 Å². The van der Waals surface area contributed by atoms with Crippen molar-refractivity contribution in [3.05, 3.63) is 71.9 Å². The van der Waals surface area contributed by atoms with E-state index in [1.54, 1.807) is 7.11 Å². The number of aryl methyl sites for hydroxylation is 1. The van der Waals surface area contributed by atoms with Gasteiger partial charge in [-0.3, -0.25) is 9.59 Å². The van der Waals surface area contributed by atoms with E-state index >= 15 is 0 Å². The summed E-state index contributed by atoms with van der Waals surface area (Å²) in [5.41, 5.74) is 3.44. The van der Waals surface area contributed by atoms with E-state index in [1.807, 2.05) is 67.6 Å². The molecule has 7 heteroatoms.